The molecule has 1 fully saturated rings. The molecule has 0 aliphatic carbocycles. The quantitative estimate of drug-likeness (QED) is 0.871. The molecular weight excluding hydrogens is 348 g/mol. The van der Waals surface area contributed by atoms with E-state index in [0.29, 0.717) is 28.4 Å². The Morgan fingerprint density at radius 1 is 1.07 bits per heavy atom. The van der Waals surface area contributed by atoms with E-state index in [0.717, 1.165) is 32.4 Å². The SMILES string of the molecule is COc1ccc(C(=O)Nc2cnn(C)c2C(=O)N2CCCCC2)cc1OC. The Hall–Kier alpha value is -3.03. The first kappa shape index (κ1) is 18.8. The lowest BCUT2D eigenvalue weighted by molar-refractivity contribution is 0.0714. The highest BCUT2D eigenvalue weighted by Gasteiger charge is 2.25. The Bertz CT molecular complexity index is 840. The minimum absolute atomic E-state index is 0.114. The van der Waals surface area contributed by atoms with Gasteiger partial charge >= 0.3 is 0 Å². The fourth-order valence-electron chi connectivity index (χ4n) is 3.20. The first-order valence-corrected chi connectivity index (χ1v) is 8.89. The first-order valence-electron chi connectivity index (χ1n) is 8.89. The molecule has 0 saturated carbocycles. The molecule has 0 atom stereocenters. The van der Waals surface area contributed by atoms with Crippen LogP contribution in [0.4, 0.5) is 5.69 Å². The third kappa shape index (κ3) is 3.89. The Labute approximate surface area is 158 Å². The fraction of sp³-hybridized carbons (Fsp3) is 0.421. The van der Waals surface area contributed by atoms with Gasteiger partial charge in [0.05, 0.1) is 26.1 Å². The summed E-state index contributed by atoms with van der Waals surface area (Å²) in [6, 6.07) is 4.90. The van der Waals surface area contributed by atoms with Crippen LogP contribution in [-0.4, -0.2) is 53.8 Å². The highest BCUT2D eigenvalue weighted by Crippen LogP contribution is 2.28. The van der Waals surface area contributed by atoms with E-state index in [1.165, 1.54) is 25.1 Å². The Kier molecular flexibility index (Phi) is 5.63. The van der Waals surface area contributed by atoms with Gasteiger partial charge in [-0.15, -0.1) is 0 Å². The van der Waals surface area contributed by atoms with Gasteiger partial charge in [-0.3, -0.25) is 14.3 Å². The molecule has 1 aliphatic heterocycles. The summed E-state index contributed by atoms with van der Waals surface area (Å²) in [5, 5.41) is 6.94. The minimum Gasteiger partial charge on any atom is -0.493 e. The molecule has 0 bridgehead atoms. The fourth-order valence-corrected chi connectivity index (χ4v) is 3.20. The molecule has 2 amide bonds. The molecule has 8 nitrogen and oxygen atoms in total. The molecule has 1 N–H and O–H groups in total. The van der Waals surface area contributed by atoms with Crippen molar-refractivity contribution in [2.24, 2.45) is 7.05 Å². The minimum atomic E-state index is -0.350. The zero-order chi connectivity index (χ0) is 19.4. The van der Waals surface area contributed by atoms with Crippen molar-refractivity contribution in [2.75, 3.05) is 32.6 Å². The van der Waals surface area contributed by atoms with Crippen molar-refractivity contribution in [1.29, 1.82) is 0 Å². The number of rotatable bonds is 5. The summed E-state index contributed by atoms with van der Waals surface area (Å²) in [6.45, 7) is 1.46. The number of hydrogen-bond donors (Lipinski definition) is 1. The third-order valence-electron chi connectivity index (χ3n) is 4.68. The predicted molar refractivity (Wildman–Crippen MR) is 100 cm³/mol. The normalized spacial score (nSPS) is 14.0. The number of methoxy groups -OCH3 is 2. The Morgan fingerprint density at radius 2 is 1.78 bits per heavy atom. The molecule has 3 rings (SSSR count). The molecule has 144 valence electrons. The van der Waals surface area contributed by atoms with Gasteiger partial charge in [-0.2, -0.15) is 5.10 Å². The highest BCUT2D eigenvalue weighted by molar-refractivity contribution is 6.08. The van der Waals surface area contributed by atoms with Crippen LogP contribution in [0.5, 0.6) is 11.5 Å². The van der Waals surface area contributed by atoms with Crippen LogP contribution in [0.15, 0.2) is 24.4 Å². The molecule has 27 heavy (non-hydrogen) atoms. The number of aryl methyl sites for hydroxylation is 1. The van der Waals surface area contributed by atoms with E-state index in [-0.39, 0.29) is 11.8 Å². The van der Waals surface area contributed by atoms with E-state index in [1.54, 1.807) is 25.2 Å². The maximum absolute atomic E-state index is 12.9. The molecule has 1 aromatic heterocycles. The third-order valence-corrected chi connectivity index (χ3v) is 4.68. The van der Waals surface area contributed by atoms with Gasteiger partial charge in [0, 0.05) is 25.7 Å². The molecule has 8 heteroatoms. The number of carbonyl (C=O) groups is 2. The second-order valence-corrected chi connectivity index (χ2v) is 6.41. The molecule has 0 spiro atoms. The van der Waals surface area contributed by atoms with Crippen molar-refractivity contribution in [1.82, 2.24) is 14.7 Å². The van der Waals surface area contributed by atoms with Crippen LogP contribution >= 0.6 is 0 Å². The van der Waals surface area contributed by atoms with Crippen LogP contribution in [0, 0.1) is 0 Å². The van der Waals surface area contributed by atoms with E-state index in [4.69, 9.17) is 9.47 Å². The van der Waals surface area contributed by atoms with Crippen LogP contribution < -0.4 is 14.8 Å². The number of aromatic nitrogens is 2. The van der Waals surface area contributed by atoms with Crippen molar-refractivity contribution in [2.45, 2.75) is 19.3 Å². The maximum Gasteiger partial charge on any atom is 0.274 e. The molecule has 0 unspecified atom stereocenters. The van der Waals surface area contributed by atoms with Crippen LogP contribution in [-0.2, 0) is 7.05 Å². The van der Waals surface area contributed by atoms with Gasteiger partial charge in [-0.05, 0) is 37.5 Å². The van der Waals surface area contributed by atoms with Crippen molar-refractivity contribution in [3.8, 4) is 11.5 Å². The summed E-state index contributed by atoms with van der Waals surface area (Å²) in [7, 11) is 4.74. The van der Waals surface area contributed by atoms with Gasteiger partial charge in [0.2, 0.25) is 0 Å². The molecule has 2 heterocycles. The Balaban J connectivity index is 1.82. The topological polar surface area (TPSA) is 85.7 Å². The van der Waals surface area contributed by atoms with Gasteiger partial charge in [0.1, 0.15) is 5.69 Å². The number of ether oxygens (including phenoxy) is 2. The number of nitrogens with zero attached hydrogens (tertiary/aromatic N) is 3. The van der Waals surface area contributed by atoms with Gasteiger partial charge < -0.3 is 19.7 Å². The van der Waals surface area contributed by atoms with Crippen molar-refractivity contribution >= 4 is 17.5 Å². The summed E-state index contributed by atoms with van der Waals surface area (Å²) >= 11 is 0. The number of hydrogen-bond acceptors (Lipinski definition) is 5. The summed E-state index contributed by atoms with van der Waals surface area (Å²) in [5.41, 5.74) is 1.17. The number of piperidine rings is 1. The van der Waals surface area contributed by atoms with E-state index in [9.17, 15) is 9.59 Å². The van der Waals surface area contributed by atoms with E-state index in [2.05, 4.69) is 10.4 Å². The standard InChI is InChI=1S/C19H24N4O4/c1-22-17(19(25)23-9-5-4-6-10-23)14(12-20-22)21-18(24)13-7-8-15(26-2)16(11-13)27-3/h7-8,11-12H,4-6,9-10H2,1-3H3,(H,21,24). The average Bonchev–Trinajstić information content (AvgIpc) is 3.07. The van der Waals surface area contributed by atoms with Crippen LogP contribution in [0.25, 0.3) is 0 Å². The number of likely N-dealkylation sites (tertiary alicyclic amines) is 1. The molecule has 0 radical (unpaired) electrons. The molecule has 2 aromatic rings. The predicted octanol–water partition coefficient (Wildman–Crippen LogP) is 2.32. The van der Waals surface area contributed by atoms with Crippen molar-refractivity contribution in [3.05, 3.63) is 35.7 Å². The van der Waals surface area contributed by atoms with Crippen molar-refractivity contribution in [3.63, 3.8) is 0 Å². The molecule has 1 aromatic carbocycles. The smallest absolute Gasteiger partial charge is 0.274 e. The number of anilines is 1. The lowest BCUT2D eigenvalue weighted by Crippen LogP contribution is -2.37. The monoisotopic (exact) mass is 372 g/mol. The number of nitrogens with one attached hydrogen (secondary N) is 1. The number of amides is 2. The maximum atomic E-state index is 12.9. The Morgan fingerprint density at radius 3 is 2.44 bits per heavy atom. The summed E-state index contributed by atoms with van der Waals surface area (Å²) in [4.78, 5) is 27.4. The van der Waals surface area contributed by atoms with Crippen molar-refractivity contribution < 1.29 is 19.1 Å². The largest absolute Gasteiger partial charge is 0.493 e. The molecule has 1 aliphatic rings. The summed E-state index contributed by atoms with van der Waals surface area (Å²) < 4.78 is 11.9. The summed E-state index contributed by atoms with van der Waals surface area (Å²) in [5.74, 6) is 0.534. The van der Waals surface area contributed by atoms with E-state index < -0.39 is 0 Å². The highest BCUT2D eigenvalue weighted by atomic mass is 16.5. The lowest BCUT2D eigenvalue weighted by atomic mass is 10.1. The van der Waals surface area contributed by atoms with E-state index >= 15 is 0 Å². The van der Waals surface area contributed by atoms with Gasteiger partial charge in [0.25, 0.3) is 11.8 Å². The average molecular weight is 372 g/mol. The van der Waals surface area contributed by atoms with E-state index in [1.807, 2.05) is 4.90 Å². The number of benzene rings is 1. The van der Waals surface area contributed by atoms with Crippen LogP contribution in [0.2, 0.25) is 0 Å². The molecule has 1 saturated heterocycles. The zero-order valence-electron chi connectivity index (χ0n) is 15.8. The zero-order valence-corrected chi connectivity index (χ0v) is 15.8. The lowest BCUT2D eigenvalue weighted by Gasteiger charge is -2.27. The van der Waals surface area contributed by atoms with Crippen LogP contribution in [0.1, 0.15) is 40.1 Å². The summed E-state index contributed by atoms with van der Waals surface area (Å²) in [6.07, 6.45) is 4.63. The van der Waals surface area contributed by atoms with Crippen LogP contribution in [0.3, 0.4) is 0 Å². The van der Waals surface area contributed by atoms with Gasteiger partial charge in [0.15, 0.2) is 11.5 Å². The first-order chi connectivity index (χ1) is 13.0. The second-order valence-electron chi connectivity index (χ2n) is 6.41. The second kappa shape index (κ2) is 8.11. The van der Waals surface area contributed by atoms with Gasteiger partial charge in [-0.25, -0.2) is 0 Å². The molecular formula is C19H24N4O4. The van der Waals surface area contributed by atoms with Gasteiger partial charge in [-0.1, -0.05) is 0 Å². The number of carbonyl (C=O) groups excluding carboxylic acids is 2.